The first kappa shape index (κ1) is 19.1. The number of benzene rings is 1. The number of rotatable bonds is 7. The summed E-state index contributed by atoms with van der Waals surface area (Å²) in [6.45, 7) is -3.85. The second-order valence-electron chi connectivity index (χ2n) is 4.44. The molecule has 0 aliphatic carbocycles. The van der Waals surface area contributed by atoms with Crippen molar-refractivity contribution in [2.45, 2.75) is 18.9 Å². The van der Waals surface area contributed by atoms with Gasteiger partial charge >= 0.3 is 12.4 Å². The Kier molecular flexibility index (Phi) is 6.67. The van der Waals surface area contributed by atoms with Crippen LogP contribution in [0.2, 0.25) is 0 Å². The van der Waals surface area contributed by atoms with Crippen LogP contribution >= 0.6 is 0 Å². The Bertz CT molecular complexity index is 515. The Labute approximate surface area is 127 Å². The van der Waals surface area contributed by atoms with E-state index >= 15 is 0 Å². The van der Waals surface area contributed by atoms with Crippen LogP contribution in [0.15, 0.2) is 24.3 Å². The number of amides is 1. The fraction of sp³-hybridized carbons (Fsp3) is 0.462. The fourth-order valence-electron chi connectivity index (χ4n) is 1.42. The summed E-state index contributed by atoms with van der Waals surface area (Å²) in [5.41, 5.74) is 0.425. The number of hydrogen-bond donors (Lipinski definition) is 1. The van der Waals surface area contributed by atoms with Crippen LogP contribution in [0.4, 0.5) is 26.3 Å². The van der Waals surface area contributed by atoms with Crippen LogP contribution in [0.5, 0.6) is 5.75 Å². The Balaban J connectivity index is 2.38. The molecule has 1 N–H and O–H groups in total. The number of carbonyl (C=O) groups excluding carboxylic acids is 1. The van der Waals surface area contributed by atoms with Crippen LogP contribution < -0.4 is 10.1 Å². The molecule has 0 radical (unpaired) electrons. The minimum Gasteiger partial charge on any atom is -0.484 e. The molecule has 0 saturated heterocycles. The van der Waals surface area contributed by atoms with Crippen molar-refractivity contribution in [1.82, 2.24) is 5.32 Å². The van der Waals surface area contributed by atoms with E-state index in [0.717, 1.165) is 0 Å². The topological polar surface area (TPSA) is 47.6 Å². The summed E-state index contributed by atoms with van der Waals surface area (Å²) >= 11 is 0. The van der Waals surface area contributed by atoms with E-state index in [9.17, 15) is 31.1 Å². The lowest BCUT2D eigenvalue weighted by Crippen LogP contribution is -2.29. The highest BCUT2D eigenvalue weighted by atomic mass is 19.4. The lowest BCUT2D eigenvalue weighted by molar-refractivity contribution is -0.175. The molecule has 1 amide bonds. The van der Waals surface area contributed by atoms with E-state index in [1.807, 2.05) is 0 Å². The van der Waals surface area contributed by atoms with Gasteiger partial charge in [0, 0.05) is 6.54 Å². The fourth-order valence-corrected chi connectivity index (χ4v) is 1.42. The summed E-state index contributed by atoms with van der Waals surface area (Å²) in [5.74, 6) is -0.821. The van der Waals surface area contributed by atoms with Crippen LogP contribution in [0.3, 0.4) is 0 Å². The van der Waals surface area contributed by atoms with Crippen molar-refractivity contribution in [2.24, 2.45) is 0 Å². The number of halogens is 6. The molecule has 0 unspecified atom stereocenters. The van der Waals surface area contributed by atoms with Crippen molar-refractivity contribution in [2.75, 3.05) is 19.8 Å². The maximum Gasteiger partial charge on any atom is 0.422 e. The molecule has 0 aliphatic heterocycles. The largest absolute Gasteiger partial charge is 0.484 e. The maximum absolute atomic E-state index is 12.0. The molecule has 0 heterocycles. The quantitative estimate of drug-likeness (QED) is 0.773. The molecule has 10 heteroatoms. The second kappa shape index (κ2) is 8.04. The predicted octanol–water partition coefficient (Wildman–Crippen LogP) is 2.82. The van der Waals surface area contributed by atoms with Crippen LogP contribution in [-0.2, 0) is 16.1 Å². The Morgan fingerprint density at radius 3 is 2.30 bits per heavy atom. The smallest absolute Gasteiger partial charge is 0.422 e. The SMILES string of the molecule is O=C(COCC(F)(F)F)NCc1cccc(OCC(F)(F)F)c1. The molecular weight excluding hydrogens is 332 g/mol. The van der Waals surface area contributed by atoms with Crippen LogP contribution in [0.1, 0.15) is 5.56 Å². The molecule has 0 fully saturated rings. The minimum atomic E-state index is -4.52. The molecule has 130 valence electrons. The van der Waals surface area contributed by atoms with Gasteiger partial charge in [0.25, 0.3) is 0 Å². The zero-order valence-corrected chi connectivity index (χ0v) is 11.6. The van der Waals surface area contributed by atoms with E-state index in [2.05, 4.69) is 14.8 Å². The van der Waals surface area contributed by atoms with E-state index in [-0.39, 0.29) is 12.3 Å². The lowest BCUT2D eigenvalue weighted by Gasteiger charge is -2.11. The number of ether oxygens (including phenoxy) is 2. The summed E-state index contributed by atoms with van der Waals surface area (Å²) in [6, 6.07) is 5.52. The molecule has 1 aromatic rings. The van der Waals surface area contributed by atoms with Gasteiger partial charge in [-0.25, -0.2) is 0 Å². The summed E-state index contributed by atoms with van der Waals surface area (Å²) < 4.78 is 80.2. The first-order valence-corrected chi connectivity index (χ1v) is 6.25. The summed E-state index contributed by atoms with van der Waals surface area (Å²) in [5, 5.41) is 2.28. The van der Waals surface area contributed by atoms with Crippen molar-refractivity contribution in [3.8, 4) is 5.75 Å². The number of carbonyl (C=O) groups is 1. The highest BCUT2D eigenvalue weighted by molar-refractivity contribution is 5.77. The van der Waals surface area contributed by atoms with Crippen molar-refractivity contribution < 1.29 is 40.6 Å². The number of hydrogen-bond acceptors (Lipinski definition) is 3. The van der Waals surface area contributed by atoms with Gasteiger partial charge in [0.05, 0.1) is 0 Å². The first-order chi connectivity index (χ1) is 10.6. The molecular formula is C13H13F6NO3. The first-order valence-electron chi connectivity index (χ1n) is 6.25. The molecule has 4 nitrogen and oxygen atoms in total. The van der Waals surface area contributed by atoms with E-state index in [1.165, 1.54) is 24.3 Å². The van der Waals surface area contributed by atoms with Gasteiger partial charge in [0.1, 0.15) is 19.0 Å². The average molecular weight is 345 g/mol. The third kappa shape index (κ3) is 9.61. The molecule has 0 aliphatic rings. The molecule has 1 aromatic carbocycles. The van der Waals surface area contributed by atoms with Crippen molar-refractivity contribution >= 4 is 5.91 Å². The zero-order chi connectivity index (χ0) is 17.5. The Hall–Kier alpha value is -1.97. The normalized spacial score (nSPS) is 12.1. The van der Waals surface area contributed by atoms with E-state index in [1.54, 1.807) is 0 Å². The van der Waals surface area contributed by atoms with Crippen LogP contribution in [-0.4, -0.2) is 38.1 Å². The highest BCUT2D eigenvalue weighted by Crippen LogP contribution is 2.19. The molecule has 0 spiro atoms. The minimum absolute atomic E-state index is 0.0394. The summed E-state index contributed by atoms with van der Waals surface area (Å²) in [7, 11) is 0. The standard InChI is InChI=1S/C13H13F6NO3/c14-12(15,16)7-22-6-11(21)20-5-9-2-1-3-10(4-9)23-8-13(17,18)19/h1-4H,5-8H2,(H,20,21). The van der Waals surface area contributed by atoms with Gasteiger partial charge in [-0.15, -0.1) is 0 Å². The monoisotopic (exact) mass is 345 g/mol. The third-order valence-electron chi connectivity index (χ3n) is 2.29. The van der Waals surface area contributed by atoms with Crippen molar-refractivity contribution in [3.63, 3.8) is 0 Å². The van der Waals surface area contributed by atoms with Gasteiger partial charge in [0.2, 0.25) is 5.91 Å². The van der Waals surface area contributed by atoms with E-state index < -0.39 is 38.1 Å². The molecule has 23 heavy (non-hydrogen) atoms. The van der Waals surface area contributed by atoms with Gasteiger partial charge < -0.3 is 14.8 Å². The van der Waals surface area contributed by atoms with E-state index in [4.69, 9.17) is 0 Å². The molecule has 1 rings (SSSR count). The molecule has 0 aromatic heterocycles. The predicted molar refractivity (Wildman–Crippen MR) is 66.7 cm³/mol. The van der Waals surface area contributed by atoms with Gasteiger partial charge in [0.15, 0.2) is 6.61 Å². The Morgan fingerprint density at radius 2 is 1.70 bits per heavy atom. The summed E-state index contributed by atoms with van der Waals surface area (Å²) in [6.07, 6.45) is -9.00. The summed E-state index contributed by atoms with van der Waals surface area (Å²) in [4.78, 5) is 11.3. The molecule has 0 saturated carbocycles. The van der Waals surface area contributed by atoms with Gasteiger partial charge in [-0.2, -0.15) is 26.3 Å². The van der Waals surface area contributed by atoms with Crippen LogP contribution in [0.25, 0.3) is 0 Å². The number of alkyl halides is 6. The third-order valence-corrected chi connectivity index (χ3v) is 2.29. The highest BCUT2D eigenvalue weighted by Gasteiger charge is 2.28. The van der Waals surface area contributed by atoms with Gasteiger partial charge in [-0.05, 0) is 17.7 Å². The zero-order valence-electron chi connectivity index (χ0n) is 11.6. The molecule has 0 atom stereocenters. The molecule has 0 bridgehead atoms. The van der Waals surface area contributed by atoms with Gasteiger partial charge in [-0.3, -0.25) is 4.79 Å². The van der Waals surface area contributed by atoms with Crippen molar-refractivity contribution in [1.29, 1.82) is 0 Å². The Morgan fingerprint density at radius 1 is 1.04 bits per heavy atom. The average Bonchev–Trinajstić information content (AvgIpc) is 2.41. The lowest BCUT2D eigenvalue weighted by atomic mass is 10.2. The number of nitrogens with one attached hydrogen (secondary N) is 1. The van der Waals surface area contributed by atoms with Gasteiger partial charge in [-0.1, -0.05) is 12.1 Å². The second-order valence-corrected chi connectivity index (χ2v) is 4.44. The maximum atomic E-state index is 12.0. The van der Waals surface area contributed by atoms with Crippen molar-refractivity contribution in [3.05, 3.63) is 29.8 Å². The van der Waals surface area contributed by atoms with E-state index in [0.29, 0.717) is 5.56 Å². The van der Waals surface area contributed by atoms with Crippen LogP contribution in [0, 0.1) is 0 Å².